The van der Waals surface area contributed by atoms with Crippen LogP contribution < -0.4 is 4.74 Å². The van der Waals surface area contributed by atoms with Crippen molar-refractivity contribution in [3.8, 4) is 5.75 Å². The molecular weight excluding hydrogens is 226 g/mol. The van der Waals surface area contributed by atoms with Gasteiger partial charge < -0.3 is 9.94 Å². The van der Waals surface area contributed by atoms with E-state index in [0.717, 1.165) is 24.3 Å². The van der Waals surface area contributed by atoms with E-state index in [9.17, 15) is 0 Å². The SMILES string of the molecule is CC(C)=CCOc1ccc(CC/C(C)=N/O)cc1. The highest BCUT2D eigenvalue weighted by atomic mass is 16.5. The molecule has 0 aliphatic heterocycles. The van der Waals surface area contributed by atoms with Gasteiger partial charge in [0.15, 0.2) is 0 Å². The van der Waals surface area contributed by atoms with Crippen molar-refractivity contribution in [3.63, 3.8) is 0 Å². The number of rotatable bonds is 6. The average Bonchev–Trinajstić information content (AvgIpc) is 2.37. The summed E-state index contributed by atoms with van der Waals surface area (Å²) >= 11 is 0. The van der Waals surface area contributed by atoms with E-state index in [0.29, 0.717) is 6.61 Å². The van der Waals surface area contributed by atoms with Crippen LogP contribution in [0.25, 0.3) is 0 Å². The van der Waals surface area contributed by atoms with Gasteiger partial charge in [-0.15, -0.1) is 0 Å². The summed E-state index contributed by atoms with van der Waals surface area (Å²) in [5.41, 5.74) is 3.22. The second-order valence-electron chi connectivity index (χ2n) is 4.57. The molecule has 0 amide bonds. The Bertz CT molecular complexity index is 415. The Labute approximate surface area is 109 Å². The van der Waals surface area contributed by atoms with Gasteiger partial charge in [0.2, 0.25) is 0 Å². The molecule has 0 aromatic heterocycles. The Balaban J connectivity index is 2.45. The largest absolute Gasteiger partial charge is 0.490 e. The van der Waals surface area contributed by atoms with E-state index >= 15 is 0 Å². The van der Waals surface area contributed by atoms with Gasteiger partial charge >= 0.3 is 0 Å². The summed E-state index contributed by atoms with van der Waals surface area (Å²) in [4.78, 5) is 0. The molecule has 1 rings (SSSR count). The van der Waals surface area contributed by atoms with Gasteiger partial charge in [0, 0.05) is 0 Å². The number of oxime groups is 1. The number of nitrogens with zero attached hydrogens (tertiary/aromatic N) is 1. The molecule has 0 bridgehead atoms. The van der Waals surface area contributed by atoms with Crippen molar-refractivity contribution in [1.29, 1.82) is 0 Å². The molecule has 0 heterocycles. The molecule has 0 radical (unpaired) electrons. The zero-order valence-electron chi connectivity index (χ0n) is 11.3. The first-order chi connectivity index (χ1) is 8.61. The molecule has 0 atom stereocenters. The topological polar surface area (TPSA) is 41.8 Å². The normalized spacial score (nSPS) is 11.2. The van der Waals surface area contributed by atoms with Crippen molar-refractivity contribution in [2.45, 2.75) is 33.6 Å². The van der Waals surface area contributed by atoms with Crippen LogP contribution in [-0.4, -0.2) is 17.5 Å². The van der Waals surface area contributed by atoms with Gasteiger partial charge in [-0.2, -0.15) is 0 Å². The van der Waals surface area contributed by atoms with E-state index in [4.69, 9.17) is 9.94 Å². The third-order valence-electron chi connectivity index (χ3n) is 2.61. The minimum absolute atomic E-state index is 0.609. The van der Waals surface area contributed by atoms with E-state index in [1.807, 2.05) is 31.2 Å². The summed E-state index contributed by atoms with van der Waals surface area (Å²) in [6.45, 7) is 6.53. The lowest BCUT2D eigenvalue weighted by molar-refractivity contribution is 0.317. The van der Waals surface area contributed by atoms with Crippen molar-refractivity contribution in [2.24, 2.45) is 5.16 Å². The standard InChI is InChI=1S/C15H21NO2/c1-12(2)10-11-18-15-8-6-14(7-9-15)5-4-13(3)16-17/h6-10,17H,4-5,11H2,1-3H3/b16-13+. The van der Waals surface area contributed by atoms with Crippen LogP contribution in [0.4, 0.5) is 0 Å². The molecule has 0 saturated carbocycles. The molecule has 0 saturated heterocycles. The molecule has 1 aromatic rings. The van der Waals surface area contributed by atoms with E-state index < -0.39 is 0 Å². The molecular formula is C15H21NO2. The number of hydrogen-bond acceptors (Lipinski definition) is 3. The van der Waals surface area contributed by atoms with Crippen LogP contribution in [0.5, 0.6) is 5.75 Å². The van der Waals surface area contributed by atoms with Gasteiger partial charge in [-0.05, 0) is 57.4 Å². The van der Waals surface area contributed by atoms with Crippen LogP contribution >= 0.6 is 0 Å². The van der Waals surface area contributed by atoms with Crippen molar-refractivity contribution in [1.82, 2.24) is 0 Å². The molecule has 3 nitrogen and oxygen atoms in total. The average molecular weight is 247 g/mol. The molecule has 1 N–H and O–H groups in total. The first-order valence-electron chi connectivity index (χ1n) is 6.14. The van der Waals surface area contributed by atoms with E-state index in [1.54, 1.807) is 0 Å². The molecule has 18 heavy (non-hydrogen) atoms. The Morgan fingerprint density at radius 2 is 1.89 bits per heavy atom. The van der Waals surface area contributed by atoms with Crippen LogP contribution in [0.15, 0.2) is 41.1 Å². The summed E-state index contributed by atoms with van der Waals surface area (Å²) in [7, 11) is 0. The van der Waals surface area contributed by atoms with Gasteiger partial charge in [-0.1, -0.05) is 22.9 Å². The smallest absolute Gasteiger partial charge is 0.119 e. The fourth-order valence-corrected chi connectivity index (χ4v) is 1.43. The monoisotopic (exact) mass is 247 g/mol. The predicted octanol–water partition coefficient (Wildman–Crippen LogP) is 3.81. The summed E-state index contributed by atoms with van der Waals surface area (Å²) in [6.07, 6.45) is 3.70. The molecule has 0 aliphatic rings. The highest BCUT2D eigenvalue weighted by Gasteiger charge is 1.97. The summed E-state index contributed by atoms with van der Waals surface area (Å²) in [6, 6.07) is 8.03. The first kappa shape index (κ1) is 14.3. The Kier molecular flexibility index (Phi) is 5.98. The van der Waals surface area contributed by atoms with E-state index in [-0.39, 0.29) is 0 Å². The molecule has 3 heteroatoms. The summed E-state index contributed by atoms with van der Waals surface area (Å²) < 4.78 is 5.58. The van der Waals surface area contributed by atoms with Gasteiger partial charge in [-0.3, -0.25) is 0 Å². The minimum Gasteiger partial charge on any atom is -0.490 e. The summed E-state index contributed by atoms with van der Waals surface area (Å²) in [5.74, 6) is 0.879. The zero-order chi connectivity index (χ0) is 13.4. The Hall–Kier alpha value is -1.77. The van der Waals surface area contributed by atoms with Gasteiger partial charge in [0.25, 0.3) is 0 Å². The molecule has 0 unspecified atom stereocenters. The highest BCUT2D eigenvalue weighted by Crippen LogP contribution is 2.13. The maximum absolute atomic E-state index is 8.56. The number of hydrogen-bond donors (Lipinski definition) is 1. The van der Waals surface area contributed by atoms with Gasteiger partial charge in [-0.25, -0.2) is 0 Å². The Morgan fingerprint density at radius 3 is 2.44 bits per heavy atom. The number of allylic oxidation sites excluding steroid dienone is 1. The van der Waals surface area contributed by atoms with Crippen molar-refractivity contribution < 1.29 is 9.94 Å². The van der Waals surface area contributed by atoms with E-state index in [1.165, 1.54) is 11.1 Å². The van der Waals surface area contributed by atoms with Crippen molar-refractivity contribution >= 4 is 5.71 Å². The van der Waals surface area contributed by atoms with Crippen LogP contribution in [0.2, 0.25) is 0 Å². The Morgan fingerprint density at radius 1 is 1.22 bits per heavy atom. The van der Waals surface area contributed by atoms with E-state index in [2.05, 4.69) is 25.1 Å². The molecule has 0 spiro atoms. The highest BCUT2D eigenvalue weighted by molar-refractivity contribution is 5.81. The van der Waals surface area contributed by atoms with Gasteiger partial charge in [0.1, 0.15) is 12.4 Å². The lowest BCUT2D eigenvalue weighted by Crippen LogP contribution is -1.96. The number of aryl methyl sites for hydroxylation is 1. The lowest BCUT2D eigenvalue weighted by atomic mass is 10.1. The number of benzene rings is 1. The third-order valence-corrected chi connectivity index (χ3v) is 2.61. The van der Waals surface area contributed by atoms with Crippen molar-refractivity contribution in [3.05, 3.63) is 41.5 Å². The molecule has 0 fully saturated rings. The molecule has 0 aliphatic carbocycles. The summed E-state index contributed by atoms with van der Waals surface area (Å²) in [5, 5.41) is 11.7. The van der Waals surface area contributed by atoms with Crippen LogP contribution in [0, 0.1) is 0 Å². The van der Waals surface area contributed by atoms with Crippen LogP contribution in [-0.2, 0) is 6.42 Å². The van der Waals surface area contributed by atoms with Crippen LogP contribution in [0.3, 0.4) is 0 Å². The maximum atomic E-state index is 8.56. The lowest BCUT2D eigenvalue weighted by Gasteiger charge is -2.05. The van der Waals surface area contributed by atoms with Crippen LogP contribution in [0.1, 0.15) is 32.8 Å². The quantitative estimate of drug-likeness (QED) is 0.359. The fraction of sp³-hybridized carbons (Fsp3) is 0.400. The second-order valence-corrected chi connectivity index (χ2v) is 4.57. The molecule has 1 aromatic carbocycles. The number of ether oxygens (including phenoxy) is 1. The van der Waals surface area contributed by atoms with Crippen molar-refractivity contribution in [2.75, 3.05) is 6.61 Å². The third kappa shape index (κ3) is 5.53. The first-order valence-corrected chi connectivity index (χ1v) is 6.14. The fourth-order valence-electron chi connectivity index (χ4n) is 1.43. The second kappa shape index (κ2) is 7.54. The zero-order valence-corrected chi connectivity index (χ0v) is 11.3. The predicted molar refractivity (Wildman–Crippen MR) is 74.6 cm³/mol. The maximum Gasteiger partial charge on any atom is 0.119 e. The minimum atomic E-state index is 0.609. The van der Waals surface area contributed by atoms with Gasteiger partial charge in [0.05, 0.1) is 5.71 Å². The molecule has 98 valence electrons.